The maximum Gasteiger partial charge on any atom is 0.156 e. The molecule has 0 spiro atoms. The van der Waals surface area contributed by atoms with Gasteiger partial charge in [0.05, 0.1) is 32.0 Å². The highest BCUT2D eigenvalue weighted by atomic mass is 35.5. The van der Waals surface area contributed by atoms with E-state index in [0.29, 0.717) is 18.2 Å². The summed E-state index contributed by atoms with van der Waals surface area (Å²) in [7, 11) is 1.65. The molecule has 4 heterocycles. The number of halogens is 1. The van der Waals surface area contributed by atoms with Crippen LogP contribution in [0.1, 0.15) is 37.3 Å². The normalized spacial score (nSPS) is 21.9. The van der Waals surface area contributed by atoms with E-state index in [1.807, 2.05) is 18.2 Å². The fraction of sp³-hybridized carbons (Fsp3) is 0.417. The zero-order valence-corrected chi connectivity index (χ0v) is 20.1. The number of hydrogen-bond donors (Lipinski definition) is 0. The van der Waals surface area contributed by atoms with Gasteiger partial charge in [-0.05, 0) is 53.4 Å². The zero-order chi connectivity index (χ0) is 22.2. The van der Waals surface area contributed by atoms with E-state index in [1.54, 1.807) is 18.4 Å². The van der Waals surface area contributed by atoms with Crippen LogP contribution in [0.4, 0.5) is 0 Å². The Morgan fingerprint density at radius 1 is 1.31 bits per heavy atom. The third-order valence-corrected chi connectivity index (χ3v) is 7.22. The lowest BCUT2D eigenvalue weighted by molar-refractivity contribution is 0.166. The summed E-state index contributed by atoms with van der Waals surface area (Å²) in [6.45, 7) is 7.18. The van der Waals surface area contributed by atoms with Crippen molar-refractivity contribution in [2.75, 3.05) is 26.9 Å². The number of nitrogens with zero attached hydrogens (tertiary/aromatic N) is 4. The molecule has 1 aromatic heterocycles. The highest BCUT2D eigenvalue weighted by Crippen LogP contribution is 2.43. The van der Waals surface area contributed by atoms with Crippen molar-refractivity contribution < 1.29 is 9.47 Å². The standard InChI is InChI=1S/C24H27ClN4O2S/c1-4-8-28(11-16-7-9-32-14-16)24-19-12-31-13-21(19)26-23-22(15(2)27-29(23)24)18-6-5-17(30-3)10-20(18)25/h5-7,9-10,14,22-23H,4,8,11-13H2,1-3H3. The van der Waals surface area contributed by atoms with Gasteiger partial charge >= 0.3 is 0 Å². The van der Waals surface area contributed by atoms with Crippen LogP contribution >= 0.6 is 22.9 Å². The van der Waals surface area contributed by atoms with Crippen molar-refractivity contribution in [1.82, 2.24) is 9.91 Å². The van der Waals surface area contributed by atoms with E-state index in [4.69, 9.17) is 31.2 Å². The van der Waals surface area contributed by atoms with Crippen LogP contribution in [0.15, 0.2) is 56.5 Å². The minimum atomic E-state index is -0.168. The second-order valence-electron chi connectivity index (χ2n) is 8.29. The first-order chi connectivity index (χ1) is 15.6. The Bertz CT molecular complexity index is 1100. The molecule has 6 nitrogen and oxygen atoms in total. The van der Waals surface area contributed by atoms with Crippen LogP contribution in [0.2, 0.25) is 5.02 Å². The van der Waals surface area contributed by atoms with E-state index in [0.717, 1.165) is 53.6 Å². The van der Waals surface area contributed by atoms with Crippen molar-refractivity contribution in [2.24, 2.45) is 10.1 Å². The van der Waals surface area contributed by atoms with Crippen LogP contribution in [0.3, 0.4) is 0 Å². The second kappa shape index (κ2) is 8.89. The molecule has 2 atom stereocenters. The molecule has 2 aromatic rings. The maximum atomic E-state index is 6.69. The van der Waals surface area contributed by atoms with Gasteiger partial charge in [0.25, 0.3) is 0 Å². The molecular weight excluding hydrogens is 444 g/mol. The maximum absolute atomic E-state index is 6.69. The number of rotatable bonds is 7. The van der Waals surface area contributed by atoms with E-state index in [9.17, 15) is 0 Å². The minimum absolute atomic E-state index is 0.0253. The Morgan fingerprint density at radius 2 is 2.19 bits per heavy atom. The average Bonchev–Trinajstić information content (AvgIpc) is 3.52. The summed E-state index contributed by atoms with van der Waals surface area (Å²) in [6, 6.07) is 8.04. The van der Waals surface area contributed by atoms with Crippen molar-refractivity contribution in [1.29, 1.82) is 0 Å². The number of benzene rings is 1. The Hall–Kier alpha value is -2.35. The lowest BCUT2D eigenvalue weighted by Gasteiger charge is -2.38. The van der Waals surface area contributed by atoms with Gasteiger partial charge in [-0.25, -0.2) is 5.01 Å². The summed E-state index contributed by atoms with van der Waals surface area (Å²) < 4.78 is 11.2. The smallest absolute Gasteiger partial charge is 0.156 e. The molecule has 0 saturated carbocycles. The fourth-order valence-corrected chi connectivity index (χ4v) is 5.67. The van der Waals surface area contributed by atoms with Gasteiger partial charge in [0.2, 0.25) is 0 Å². The van der Waals surface area contributed by atoms with E-state index in [1.165, 1.54) is 5.56 Å². The molecule has 0 N–H and O–H groups in total. The van der Waals surface area contributed by atoms with E-state index >= 15 is 0 Å². The highest BCUT2D eigenvalue weighted by molar-refractivity contribution is 7.07. The molecule has 168 valence electrons. The number of methoxy groups -OCH3 is 1. The van der Waals surface area contributed by atoms with Crippen LogP contribution < -0.4 is 4.74 Å². The number of ether oxygens (including phenoxy) is 2. The van der Waals surface area contributed by atoms with Gasteiger partial charge in [0.15, 0.2) is 6.17 Å². The summed E-state index contributed by atoms with van der Waals surface area (Å²) >= 11 is 8.42. The first-order valence-electron chi connectivity index (χ1n) is 10.9. The van der Waals surface area contributed by atoms with Gasteiger partial charge in [0.1, 0.15) is 11.6 Å². The highest BCUT2D eigenvalue weighted by Gasteiger charge is 2.45. The lowest BCUT2D eigenvalue weighted by Crippen LogP contribution is -2.43. The van der Waals surface area contributed by atoms with Gasteiger partial charge < -0.3 is 14.4 Å². The third-order valence-electron chi connectivity index (χ3n) is 6.16. The van der Waals surface area contributed by atoms with Crippen LogP contribution in [0, 0.1) is 0 Å². The summed E-state index contributed by atoms with van der Waals surface area (Å²) in [4.78, 5) is 7.55. The molecule has 0 radical (unpaired) electrons. The molecule has 1 aromatic carbocycles. The summed E-state index contributed by atoms with van der Waals surface area (Å²) in [5.41, 5.74) is 5.53. The fourth-order valence-electron chi connectivity index (χ4n) is 4.72. The Morgan fingerprint density at radius 3 is 2.91 bits per heavy atom. The molecule has 32 heavy (non-hydrogen) atoms. The molecule has 0 bridgehead atoms. The van der Waals surface area contributed by atoms with Crippen LogP contribution in [-0.4, -0.2) is 54.4 Å². The van der Waals surface area contributed by atoms with Gasteiger partial charge in [-0.2, -0.15) is 16.4 Å². The van der Waals surface area contributed by atoms with E-state index in [2.05, 4.69) is 40.6 Å². The minimum Gasteiger partial charge on any atom is -0.497 e. The lowest BCUT2D eigenvalue weighted by atomic mass is 9.91. The first kappa shape index (κ1) is 21.5. The zero-order valence-electron chi connectivity index (χ0n) is 18.5. The first-order valence-corrected chi connectivity index (χ1v) is 12.2. The number of hydrazone groups is 1. The molecule has 2 unspecified atom stereocenters. The Balaban J connectivity index is 1.56. The SMILES string of the molecule is CCCN(Cc1ccsc1)C1=C2COCC2=NC2C(c3ccc(OC)cc3Cl)C(C)=NN12. The molecule has 3 aliphatic heterocycles. The van der Waals surface area contributed by atoms with E-state index < -0.39 is 0 Å². The van der Waals surface area contributed by atoms with Gasteiger partial charge in [-0.3, -0.25) is 4.99 Å². The number of hydrogen-bond acceptors (Lipinski definition) is 7. The molecule has 5 rings (SSSR count). The van der Waals surface area contributed by atoms with Crippen molar-refractivity contribution in [3.63, 3.8) is 0 Å². The molecule has 0 aliphatic carbocycles. The van der Waals surface area contributed by atoms with Crippen LogP contribution in [-0.2, 0) is 11.3 Å². The summed E-state index contributed by atoms with van der Waals surface area (Å²) in [6.07, 6.45) is 0.876. The summed E-state index contributed by atoms with van der Waals surface area (Å²) in [5, 5.41) is 12.2. The Labute approximate surface area is 197 Å². The Kier molecular flexibility index (Phi) is 5.97. The van der Waals surface area contributed by atoms with Crippen molar-refractivity contribution in [2.45, 2.75) is 38.9 Å². The second-order valence-corrected chi connectivity index (χ2v) is 9.48. The number of fused-ring (bicyclic) bond motifs is 2. The van der Waals surface area contributed by atoms with Gasteiger partial charge in [-0.1, -0.05) is 24.6 Å². The molecule has 0 amide bonds. The van der Waals surface area contributed by atoms with E-state index in [-0.39, 0.29) is 12.1 Å². The van der Waals surface area contributed by atoms with Crippen molar-refractivity contribution in [3.05, 3.63) is 62.6 Å². The molecular formula is C24H27ClN4O2S. The predicted molar refractivity (Wildman–Crippen MR) is 130 cm³/mol. The molecule has 1 fully saturated rings. The van der Waals surface area contributed by atoms with Crippen LogP contribution in [0.25, 0.3) is 0 Å². The largest absolute Gasteiger partial charge is 0.497 e. The monoisotopic (exact) mass is 470 g/mol. The van der Waals surface area contributed by atoms with Crippen molar-refractivity contribution >= 4 is 34.4 Å². The van der Waals surface area contributed by atoms with Gasteiger partial charge in [0, 0.05) is 29.4 Å². The molecule has 8 heteroatoms. The third kappa shape index (κ3) is 3.72. The quantitative estimate of drug-likeness (QED) is 0.563. The number of thiophene rings is 1. The van der Waals surface area contributed by atoms with Crippen LogP contribution in [0.5, 0.6) is 5.75 Å². The topological polar surface area (TPSA) is 49.7 Å². The van der Waals surface area contributed by atoms with Crippen molar-refractivity contribution in [3.8, 4) is 5.75 Å². The number of aliphatic imine (C=N–C) groups is 1. The summed E-state index contributed by atoms with van der Waals surface area (Å²) in [5.74, 6) is 1.84. The molecule has 3 aliphatic rings. The van der Waals surface area contributed by atoms with Gasteiger partial charge in [-0.15, -0.1) is 0 Å². The molecule has 1 saturated heterocycles. The average molecular weight is 471 g/mol. The predicted octanol–water partition coefficient (Wildman–Crippen LogP) is 5.12.